The Hall–Kier alpha value is -2.69. The molecule has 2 N–H and O–H groups in total. The van der Waals surface area contributed by atoms with Crippen LogP contribution in [0.3, 0.4) is 0 Å². The van der Waals surface area contributed by atoms with Gasteiger partial charge in [0, 0.05) is 30.4 Å². The molecule has 0 aliphatic rings. The van der Waals surface area contributed by atoms with Gasteiger partial charge in [0.25, 0.3) is 0 Å². The SMILES string of the molecule is CNc1ccccc1-c1nc2cc(OC)c(OC)cc2[nH]1. The van der Waals surface area contributed by atoms with E-state index in [9.17, 15) is 0 Å². The zero-order valence-electron chi connectivity index (χ0n) is 12.2. The molecule has 1 heterocycles. The fourth-order valence-electron chi connectivity index (χ4n) is 2.37. The van der Waals surface area contributed by atoms with E-state index in [0.29, 0.717) is 11.5 Å². The summed E-state index contributed by atoms with van der Waals surface area (Å²) in [7, 11) is 5.14. The molecule has 108 valence electrons. The molecule has 5 nitrogen and oxygen atoms in total. The number of para-hydroxylation sites is 1. The predicted octanol–water partition coefficient (Wildman–Crippen LogP) is 3.29. The van der Waals surface area contributed by atoms with Crippen LogP contribution >= 0.6 is 0 Å². The normalized spacial score (nSPS) is 10.6. The highest BCUT2D eigenvalue weighted by atomic mass is 16.5. The van der Waals surface area contributed by atoms with Crippen molar-refractivity contribution in [2.75, 3.05) is 26.6 Å². The van der Waals surface area contributed by atoms with Crippen molar-refractivity contribution in [2.45, 2.75) is 0 Å². The average Bonchev–Trinajstić information content (AvgIpc) is 2.95. The highest BCUT2D eigenvalue weighted by molar-refractivity contribution is 5.85. The van der Waals surface area contributed by atoms with Crippen LogP contribution in [0, 0.1) is 0 Å². The third-order valence-electron chi connectivity index (χ3n) is 3.44. The molecule has 0 atom stereocenters. The first-order chi connectivity index (χ1) is 10.3. The van der Waals surface area contributed by atoms with Gasteiger partial charge in [-0.15, -0.1) is 0 Å². The van der Waals surface area contributed by atoms with E-state index < -0.39 is 0 Å². The molecule has 5 heteroatoms. The van der Waals surface area contributed by atoms with Gasteiger partial charge in [0.05, 0.1) is 25.3 Å². The standard InChI is InChI=1S/C16H17N3O2/c1-17-11-7-5-4-6-10(11)16-18-12-8-14(20-2)15(21-3)9-13(12)19-16/h4-9,17H,1-3H3,(H,18,19). The molecular formula is C16H17N3O2. The summed E-state index contributed by atoms with van der Waals surface area (Å²) >= 11 is 0. The number of methoxy groups -OCH3 is 2. The molecule has 3 aromatic rings. The molecule has 0 aliphatic carbocycles. The minimum Gasteiger partial charge on any atom is -0.493 e. The van der Waals surface area contributed by atoms with E-state index >= 15 is 0 Å². The molecule has 21 heavy (non-hydrogen) atoms. The number of aromatic amines is 1. The summed E-state index contributed by atoms with van der Waals surface area (Å²) in [6.45, 7) is 0. The minimum absolute atomic E-state index is 0.671. The third-order valence-corrected chi connectivity index (χ3v) is 3.44. The Morgan fingerprint density at radius 1 is 1.05 bits per heavy atom. The summed E-state index contributed by atoms with van der Waals surface area (Å²) < 4.78 is 10.6. The lowest BCUT2D eigenvalue weighted by molar-refractivity contribution is 0.356. The fourth-order valence-corrected chi connectivity index (χ4v) is 2.37. The number of aromatic nitrogens is 2. The lowest BCUT2D eigenvalue weighted by Gasteiger charge is -2.06. The second-order valence-corrected chi connectivity index (χ2v) is 4.61. The van der Waals surface area contributed by atoms with E-state index in [0.717, 1.165) is 28.1 Å². The van der Waals surface area contributed by atoms with Crippen LogP contribution in [-0.2, 0) is 0 Å². The summed E-state index contributed by atoms with van der Waals surface area (Å²) in [4.78, 5) is 7.97. The van der Waals surface area contributed by atoms with Crippen molar-refractivity contribution < 1.29 is 9.47 Å². The number of imidazole rings is 1. The molecule has 0 saturated carbocycles. The van der Waals surface area contributed by atoms with Crippen molar-refractivity contribution in [1.29, 1.82) is 0 Å². The first-order valence-corrected chi connectivity index (χ1v) is 6.65. The monoisotopic (exact) mass is 283 g/mol. The zero-order valence-corrected chi connectivity index (χ0v) is 12.2. The molecule has 0 fully saturated rings. The Bertz CT molecular complexity index is 739. The molecule has 0 amide bonds. The highest BCUT2D eigenvalue weighted by Gasteiger charge is 2.12. The maximum atomic E-state index is 5.32. The molecule has 0 saturated heterocycles. The smallest absolute Gasteiger partial charge is 0.163 e. The number of H-pyrrole nitrogens is 1. The van der Waals surface area contributed by atoms with Crippen LogP contribution in [0.5, 0.6) is 11.5 Å². The Labute approximate surface area is 122 Å². The van der Waals surface area contributed by atoms with Crippen LogP contribution in [0.4, 0.5) is 5.69 Å². The molecule has 0 bridgehead atoms. The van der Waals surface area contributed by atoms with Gasteiger partial charge in [-0.3, -0.25) is 0 Å². The lowest BCUT2D eigenvalue weighted by atomic mass is 10.1. The average molecular weight is 283 g/mol. The molecule has 3 rings (SSSR count). The number of benzene rings is 2. The Kier molecular flexibility index (Phi) is 3.39. The molecule has 2 aromatic carbocycles. The largest absolute Gasteiger partial charge is 0.493 e. The maximum Gasteiger partial charge on any atom is 0.163 e. The van der Waals surface area contributed by atoms with Crippen molar-refractivity contribution >= 4 is 16.7 Å². The number of rotatable bonds is 4. The van der Waals surface area contributed by atoms with E-state index in [2.05, 4.69) is 15.3 Å². The van der Waals surface area contributed by atoms with Gasteiger partial charge in [0.2, 0.25) is 0 Å². The topological polar surface area (TPSA) is 59.2 Å². The second kappa shape index (κ2) is 5.36. The van der Waals surface area contributed by atoms with E-state index in [-0.39, 0.29) is 0 Å². The Morgan fingerprint density at radius 2 is 1.76 bits per heavy atom. The fraction of sp³-hybridized carbons (Fsp3) is 0.188. The van der Waals surface area contributed by atoms with Crippen LogP contribution in [0.15, 0.2) is 36.4 Å². The van der Waals surface area contributed by atoms with Crippen LogP contribution in [0.25, 0.3) is 22.4 Å². The molecule has 0 spiro atoms. The summed E-state index contributed by atoms with van der Waals surface area (Å²) in [6.07, 6.45) is 0. The van der Waals surface area contributed by atoms with Gasteiger partial charge in [-0.1, -0.05) is 12.1 Å². The van der Waals surface area contributed by atoms with Crippen LogP contribution < -0.4 is 14.8 Å². The van der Waals surface area contributed by atoms with E-state index in [1.165, 1.54) is 0 Å². The number of nitrogens with one attached hydrogen (secondary N) is 2. The van der Waals surface area contributed by atoms with Crippen LogP contribution in [0.1, 0.15) is 0 Å². The quantitative estimate of drug-likeness (QED) is 0.771. The number of ether oxygens (including phenoxy) is 2. The number of fused-ring (bicyclic) bond motifs is 1. The minimum atomic E-state index is 0.671. The van der Waals surface area contributed by atoms with Gasteiger partial charge < -0.3 is 19.8 Å². The Balaban J connectivity index is 2.17. The van der Waals surface area contributed by atoms with Gasteiger partial charge in [-0.25, -0.2) is 4.98 Å². The van der Waals surface area contributed by atoms with Crippen LogP contribution in [0.2, 0.25) is 0 Å². The van der Waals surface area contributed by atoms with Crippen molar-refractivity contribution in [3.05, 3.63) is 36.4 Å². The first kappa shape index (κ1) is 13.3. The summed E-state index contributed by atoms with van der Waals surface area (Å²) in [5.41, 5.74) is 3.80. The van der Waals surface area contributed by atoms with Gasteiger partial charge in [-0.2, -0.15) is 0 Å². The molecule has 0 unspecified atom stereocenters. The third kappa shape index (κ3) is 2.27. The first-order valence-electron chi connectivity index (χ1n) is 6.65. The lowest BCUT2D eigenvalue weighted by Crippen LogP contribution is -1.92. The van der Waals surface area contributed by atoms with Crippen molar-refractivity contribution in [3.63, 3.8) is 0 Å². The van der Waals surface area contributed by atoms with Gasteiger partial charge in [0.15, 0.2) is 11.5 Å². The highest BCUT2D eigenvalue weighted by Crippen LogP contribution is 2.33. The van der Waals surface area contributed by atoms with Crippen molar-refractivity contribution in [1.82, 2.24) is 9.97 Å². The van der Waals surface area contributed by atoms with E-state index in [1.807, 2.05) is 43.4 Å². The van der Waals surface area contributed by atoms with Gasteiger partial charge >= 0.3 is 0 Å². The second-order valence-electron chi connectivity index (χ2n) is 4.61. The van der Waals surface area contributed by atoms with E-state index in [1.54, 1.807) is 14.2 Å². The van der Waals surface area contributed by atoms with Gasteiger partial charge in [0.1, 0.15) is 5.82 Å². The number of anilines is 1. The van der Waals surface area contributed by atoms with Gasteiger partial charge in [-0.05, 0) is 12.1 Å². The van der Waals surface area contributed by atoms with Crippen LogP contribution in [-0.4, -0.2) is 31.2 Å². The zero-order chi connectivity index (χ0) is 14.8. The molecule has 0 radical (unpaired) electrons. The summed E-state index contributed by atoms with van der Waals surface area (Å²) in [5, 5.41) is 3.17. The summed E-state index contributed by atoms with van der Waals surface area (Å²) in [5.74, 6) is 2.16. The van der Waals surface area contributed by atoms with Crippen molar-refractivity contribution in [2.24, 2.45) is 0 Å². The molecule has 1 aromatic heterocycles. The van der Waals surface area contributed by atoms with Crippen molar-refractivity contribution in [3.8, 4) is 22.9 Å². The number of hydrogen-bond donors (Lipinski definition) is 2. The molecule has 0 aliphatic heterocycles. The Morgan fingerprint density at radius 3 is 2.48 bits per heavy atom. The number of nitrogens with zero attached hydrogens (tertiary/aromatic N) is 1. The molecular weight excluding hydrogens is 266 g/mol. The number of hydrogen-bond acceptors (Lipinski definition) is 4. The summed E-state index contributed by atoms with van der Waals surface area (Å²) in [6, 6.07) is 11.8. The predicted molar refractivity (Wildman–Crippen MR) is 84.2 cm³/mol. The van der Waals surface area contributed by atoms with E-state index in [4.69, 9.17) is 9.47 Å². The maximum absolute atomic E-state index is 5.32.